The summed E-state index contributed by atoms with van der Waals surface area (Å²) in [5.74, 6) is -1.03. The van der Waals surface area contributed by atoms with Crippen molar-refractivity contribution in [2.75, 3.05) is 0 Å². The maximum atomic E-state index is 13.5. The zero-order valence-electron chi connectivity index (χ0n) is 19.0. The Hall–Kier alpha value is -2.90. The van der Waals surface area contributed by atoms with Gasteiger partial charge in [-0.3, -0.25) is 4.79 Å². The first-order valence-corrected chi connectivity index (χ1v) is 12.5. The first-order valence-electron chi connectivity index (χ1n) is 10.5. The predicted octanol–water partition coefficient (Wildman–Crippen LogP) is 4.96. The number of carbonyl (C=O) groups excluding carboxylic acids is 1. The van der Waals surface area contributed by atoms with Crippen LogP contribution in [0, 0.1) is 0 Å². The Morgan fingerprint density at radius 1 is 0.788 bits per heavy atom. The van der Waals surface area contributed by atoms with Crippen molar-refractivity contribution in [1.82, 2.24) is 0 Å². The minimum atomic E-state index is -5.14. The van der Waals surface area contributed by atoms with Gasteiger partial charge in [0.05, 0.1) is 0 Å². The average Bonchev–Trinajstić information content (AvgIpc) is 2.76. The Balaban J connectivity index is 2.15. The third-order valence-corrected chi connectivity index (χ3v) is 10.8. The second kappa shape index (κ2) is 8.80. The zero-order valence-corrected chi connectivity index (χ0v) is 20.0. The van der Waals surface area contributed by atoms with Crippen LogP contribution in [0.15, 0.2) is 84.9 Å². The highest BCUT2D eigenvalue weighted by atomic mass is 28.4. The van der Waals surface area contributed by atoms with Crippen molar-refractivity contribution in [1.29, 1.82) is 0 Å². The van der Waals surface area contributed by atoms with Gasteiger partial charge in [0.1, 0.15) is 5.75 Å². The summed E-state index contributed by atoms with van der Waals surface area (Å²) < 4.78 is 47.3. The van der Waals surface area contributed by atoms with Crippen molar-refractivity contribution in [3.63, 3.8) is 0 Å². The first kappa shape index (κ1) is 24.7. The number of halogens is 3. The Labute approximate surface area is 193 Å². The van der Waals surface area contributed by atoms with Gasteiger partial charge in [0, 0.05) is 5.56 Å². The largest absolute Gasteiger partial charge is 0.534 e. The van der Waals surface area contributed by atoms with E-state index >= 15 is 0 Å². The molecular weight excluding hydrogens is 445 g/mol. The topological polar surface area (TPSA) is 46.5 Å². The van der Waals surface area contributed by atoms with E-state index in [-0.39, 0.29) is 5.04 Å². The van der Waals surface area contributed by atoms with Crippen LogP contribution in [0.4, 0.5) is 13.2 Å². The molecule has 7 heteroatoms. The summed E-state index contributed by atoms with van der Waals surface area (Å²) >= 11 is 0. The van der Waals surface area contributed by atoms with Crippen molar-refractivity contribution >= 4 is 24.5 Å². The lowest BCUT2D eigenvalue weighted by atomic mass is 9.89. The van der Waals surface area contributed by atoms with Gasteiger partial charge in [0.15, 0.2) is 5.78 Å². The molecule has 3 aromatic carbocycles. The van der Waals surface area contributed by atoms with Gasteiger partial charge in [-0.1, -0.05) is 93.6 Å². The highest BCUT2D eigenvalue weighted by molar-refractivity contribution is 7.00. The summed E-state index contributed by atoms with van der Waals surface area (Å²) in [5.41, 5.74) is -4.11. The number of alkyl halides is 3. The number of ketones is 1. The first-order chi connectivity index (χ1) is 15.3. The van der Waals surface area contributed by atoms with E-state index < -0.39 is 31.4 Å². The number of hydrogen-bond acceptors (Lipinski definition) is 3. The molecule has 1 atom stereocenters. The molecule has 33 heavy (non-hydrogen) atoms. The van der Waals surface area contributed by atoms with Gasteiger partial charge in [-0.15, -0.1) is 0 Å². The molecule has 0 aliphatic rings. The van der Waals surface area contributed by atoms with Crippen LogP contribution in [0.2, 0.25) is 5.04 Å². The van der Waals surface area contributed by atoms with Gasteiger partial charge in [0.2, 0.25) is 5.60 Å². The number of rotatable bonds is 6. The van der Waals surface area contributed by atoms with E-state index in [2.05, 4.69) is 20.8 Å². The van der Waals surface area contributed by atoms with Crippen LogP contribution in [0.25, 0.3) is 0 Å². The number of carbonyl (C=O) groups is 1. The number of Topliss-reactive ketones (excluding diaryl/α,β-unsaturated/α-hetero) is 1. The molecule has 0 fully saturated rings. The molecular formula is C26H27F3O3Si. The number of benzene rings is 3. The Kier molecular flexibility index (Phi) is 6.59. The van der Waals surface area contributed by atoms with Crippen LogP contribution >= 0.6 is 0 Å². The predicted molar refractivity (Wildman–Crippen MR) is 125 cm³/mol. The molecule has 3 rings (SSSR count). The highest BCUT2D eigenvalue weighted by Crippen LogP contribution is 2.41. The zero-order chi connectivity index (χ0) is 24.5. The van der Waals surface area contributed by atoms with Crippen molar-refractivity contribution in [2.45, 2.75) is 44.5 Å². The van der Waals surface area contributed by atoms with E-state index in [0.29, 0.717) is 5.75 Å². The van der Waals surface area contributed by atoms with E-state index in [9.17, 15) is 23.1 Å². The van der Waals surface area contributed by atoms with Gasteiger partial charge < -0.3 is 9.53 Å². The molecule has 0 amide bonds. The molecule has 174 valence electrons. The van der Waals surface area contributed by atoms with Crippen LogP contribution < -0.4 is 14.8 Å². The molecule has 0 saturated heterocycles. The van der Waals surface area contributed by atoms with E-state index in [0.717, 1.165) is 29.4 Å². The second-order valence-corrected chi connectivity index (χ2v) is 13.3. The molecule has 0 aliphatic carbocycles. The number of aliphatic hydroxyl groups is 1. The quantitative estimate of drug-likeness (QED) is 0.516. The Bertz CT molecular complexity index is 1050. The molecule has 0 spiro atoms. The minimum Gasteiger partial charge on any atom is -0.534 e. The summed E-state index contributed by atoms with van der Waals surface area (Å²) in [6.07, 6.45) is -5.14. The van der Waals surface area contributed by atoms with Crippen LogP contribution in [0.5, 0.6) is 5.75 Å². The maximum absolute atomic E-state index is 13.5. The molecule has 0 saturated carbocycles. The van der Waals surface area contributed by atoms with Gasteiger partial charge in [0.25, 0.3) is 0 Å². The van der Waals surface area contributed by atoms with Crippen molar-refractivity contribution < 1.29 is 27.5 Å². The second-order valence-electron chi connectivity index (χ2n) is 9.05. The van der Waals surface area contributed by atoms with E-state index in [1.165, 1.54) is 12.1 Å². The molecule has 0 bridgehead atoms. The van der Waals surface area contributed by atoms with Crippen LogP contribution in [0.3, 0.4) is 0 Å². The molecule has 0 aliphatic heterocycles. The molecule has 1 unspecified atom stereocenters. The lowest BCUT2D eigenvalue weighted by molar-refractivity contribution is -0.254. The summed E-state index contributed by atoms with van der Waals surface area (Å²) in [6, 6.07) is 24.6. The molecule has 3 aromatic rings. The van der Waals surface area contributed by atoms with Crippen molar-refractivity contribution in [3.8, 4) is 5.75 Å². The third-order valence-electron chi connectivity index (χ3n) is 5.88. The van der Waals surface area contributed by atoms with Gasteiger partial charge in [-0.2, -0.15) is 13.2 Å². The van der Waals surface area contributed by atoms with Crippen molar-refractivity contribution in [3.05, 3.63) is 90.5 Å². The lowest BCUT2D eigenvalue weighted by Gasteiger charge is -2.43. The molecule has 0 heterocycles. The SMILES string of the molecule is CC(=O)C(O)(c1ccc(O[Si](c2ccccc2)(c2ccccc2)C(C)(C)C)cc1)C(F)(F)F. The minimum absolute atomic E-state index is 0.333. The van der Waals surface area contributed by atoms with Gasteiger partial charge >= 0.3 is 14.5 Å². The Morgan fingerprint density at radius 3 is 1.55 bits per heavy atom. The summed E-state index contributed by atoms with van der Waals surface area (Å²) in [5, 5.41) is 11.9. The van der Waals surface area contributed by atoms with Crippen molar-refractivity contribution in [2.24, 2.45) is 0 Å². The average molecular weight is 473 g/mol. The molecule has 3 nitrogen and oxygen atoms in total. The lowest BCUT2D eigenvalue weighted by Crippen LogP contribution is -2.68. The number of hydrogen-bond donors (Lipinski definition) is 1. The summed E-state index contributed by atoms with van der Waals surface area (Å²) in [4.78, 5) is 11.7. The summed E-state index contributed by atoms with van der Waals surface area (Å²) in [6.45, 7) is 6.99. The normalized spacial score (nSPS) is 14.4. The van der Waals surface area contributed by atoms with Gasteiger partial charge in [-0.05, 0) is 34.5 Å². The van der Waals surface area contributed by atoms with E-state index in [1.807, 2.05) is 60.7 Å². The fourth-order valence-electron chi connectivity index (χ4n) is 4.16. The summed E-state index contributed by atoms with van der Waals surface area (Å²) in [7, 11) is -2.96. The standard InChI is InChI=1S/C26H27F3O3Si/c1-19(30)25(31,26(27,28)29)20-15-17-21(18-16-20)32-33(24(2,3)4,22-11-7-5-8-12-22)23-13-9-6-10-14-23/h5-18,31H,1-4H3. The highest BCUT2D eigenvalue weighted by Gasteiger charge is 2.59. The maximum Gasteiger partial charge on any atom is 0.428 e. The Morgan fingerprint density at radius 2 is 1.21 bits per heavy atom. The molecule has 0 radical (unpaired) electrons. The smallest absolute Gasteiger partial charge is 0.428 e. The van der Waals surface area contributed by atoms with Gasteiger partial charge in [-0.25, -0.2) is 0 Å². The molecule has 0 aromatic heterocycles. The van der Waals surface area contributed by atoms with E-state index in [1.54, 1.807) is 0 Å². The fraction of sp³-hybridized carbons (Fsp3) is 0.269. The monoisotopic (exact) mass is 472 g/mol. The van der Waals surface area contributed by atoms with Crippen LogP contribution in [-0.2, 0) is 10.4 Å². The molecule has 1 N–H and O–H groups in total. The van der Waals surface area contributed by atoms with Crippen LogP contribution in [-0.4, -0.2) is 25.4 Å². The fourth-order valence-corrected chi connectivity index (χ4v) is 8.58. The third kappa shape index (κ3) is 4.35. The van der Waals surface area contributed by atoms with Crippen LogP contribution in [0.1, 0.15) is 33.3 Å². The van der Waals surface area contributed by atoms with E-state index in [4.69, 9.17) is 4.43 Å².